The van der Waals surface area contributed by atoms with Crippen molar-refractivity contribution in [1.29, 1.82) is 0 Å². The molecule has 3 aliphatic rings. The van der Waals surface area contributed by atoms with Crippen molar-refractivity contribution in [3.63, 3.8) is 0 Å². The Morgan fingerprint density at radius 1 is 1.33 bits per heavy atom. The Balaban J connectivity index is 2.14. The van der Waals surface area contributed by atoms with Crippen LogP contribution in [0.1, 0.15) is 40.5 Å². The number of aliphatic hydroxyl groups excluding tert-OH is 1. The fraction of sp³-hybridized carbons (Fsp3) is 0.800. The van der Waals surface area contributed by atoms with Gasteiger partial charge in [-0.2, -0.15) is 0 Å². The van der Waals surface area contributed by atoms with Gasteiger partial charge in [-0.3, -0.25) is 4.79 Å². The normalized spacial score (nSPS) is 53.3. The van der Waals surface area contributed by atoms with Crippen molar-refractivity contribution in [2.45, 2.75) is 52.2 Å². The second-order valence-electron chi connectivity index (χ2n) is 7.49. The van der Waals surface area contributed by atoms with Crippen molar-refractivity contribution < 1.29 is 15.0 Å². The van der Waals surface area contributed by atoms with E-state index < -0.39 is 17.1 Å². The Hall–Kier alpha value is -0.670. The van der Waals surface area contributed by atoms with E-state index >= 15 is 0 Å². The summed E-state index contributed by atoms with van der Waals surface area (Å²) < 4.78 is 0. The van der Waals surface area contributed by atoms with Gasteiger partial charge in [0.15, 0.2) is 5.78 Å². The van der Waals surface area contributed by atoms with Gasteiger partial charge in [0.05, 0.1) is 11.7 Å². The molecule has 18 heavy (non-hydrogen) atoms. The molecule has 0 unspecified atom stereocenters. The second kappa shape index (κ2) is 3.07. The number of carbonyl (C=O) groups excluding carboxylic acids is 1. The van der Waals surface area contributed by atoms with Crippen molar-refractivity contribution in [1.82, 2.24) is 0 Å². The van der Waals surface area contributed by atoms with E-state index in [-0.39, 0.29) is 23.0 Å². The SMILES string of the molecule is C[C@@H]1C(=O)C=C2[C@@]1(C)[C@@H](O)[C@H]1CC(C)(C)C[C@@]21O. The van der Waals surface area contributed by atoms with Crippen LogP contribution in [-0.2, 0) is 4.79 Å². The number of hydrogen-bond donors (Lipinski definition) is 2. The second-order valence-corrected chi connectivity index (χ2v) is 7.49. The minimum atomic E-state index is -0.974. The van der Waals surface area contributed by atoms with E-state index in [1.54, 1.807) is 6.08 Å². The smallest absolute Gasteiger partial charge is 0.159 e. The zero-order chi connectivity index (χ0) is 13.5. The Morgan fingerprint density at radius 3 is 2.56 bits per heavy atom. The van der Waals surface area contributed by atoms with Crippen LogP contribution in [0.2, 0.25) is 0 Å². The van der Waals surface area contributed by atoms with Gasteiger partial charge in [0.2, 0.25) is 0 Å². The molecule has 0 aromatic carbocycles. The van der Waals surface area contributed by atoms with Gasteiger partial charge in [-0.1, -0.05) is 27.7 Å². The molecule has 0 amide bonds. The van der Waals surface area contributed by atoms with Crippen molar-refractivity contribution >= 4 is 5.78 Å². The molecule has 0 radical (unpaired) electrons. The van der Waals surface area contributed by atoms with Crippen LogP contribution >= 0.6 is 0 Å². The maximum absolute atomic E-state index is 11.9. The number of ketones is 1. The molecule has 2 saturated carbocycles. The molecule has 5 atom stereocenters. The standard InChI is InChI=1S/C15H22O3/c1-8-10(16)5-11-14(8,4)12(17)9-6-13(2,3)7-15(9,11)18/h5,8-9,12,17-18H,6-7H2,1-4H3/t8-,9-,12+,14+,15+/m1/s1. The lowest BCUT2D eigenvalue weighted by atomic mass is 9.71. The predicted octanol–water partition coefficient (Wildman–Crippen LogP) is 1.68. The number of fused-ring (bicyclic) bond motifs is 3. The van der Waals surface area contributed by atoms with Gasteiger partial charge in [-0.15, -0.1) is 0 Å². The molecule has 3 heteroatoms. The molecule has 0 aromatic rings. The third-order valence-corrected chi connectivity index (χ3v) is 5.79. The molecule has 0 aromatic heterocycles. The van der Waals surface area contributed by atoms with Crippen LogP contribution < -0.4 is 0 Å². The summed E-state index contributed by atoms with van der Waals surface area (Å²) in [6.07, 6.45) is 2.45. The molecule has 3 nitrogen and oxygen atoms in total. The quantitative estimate of drug-likeness (QED) is 0.687. The van der Waals surface area contributed by atoms with Gasteiger partial charge < -0.3 is 10.2 Å². The molecule has 0 aliphatic heterocycles. The minimum absolute atomic E-state index is 0.0252. The average Bonchev–Trinajstić information content (AvgIpc) is 2.69. The van der Waals surface area contributed by atoms with Crippen molar-refractivity contribution in [2.75, 3.05) is 0 Å². The Bertz CT molecular complexity index is 464. The first-order valence-electron chi connectivity index (χ1n) is 6.80. The molecule has 0 saturated heterocycles. The van der Waals surface area contributed by atoms with Gasteiger partial charge in [-0.05, 0) is 29.9 Å². The third kappa shape index (κ3) is 1.15. The zero-order valence-electron chi connectivity index (χ0n) is 11.5. The van der Waals surface area contributed by atoms with E-state index in [1.807, 2.05) is 13.8 Å². The molecule has 3 aliphatic carbocycles. The fourth-order valence-electron chi connectivity index (χ4n) is 4.74. The Morgan fingerprint density at radius 2 is 1.94 bits per heavy atom. The van der Waals surface area contributed by atoms with Gasteiger partial charge in [0.1, 0.15) is 0 Å². The highest BCUT2D eigenvalue weighted by molar-refractivity contribution is 5.97. The topological polar surface area (TPSA) is 57.5 Å². The van der Waals surface area contributed by atoms with Crippen LogP contribution in [0.3, 0.4) is 0 Å². The van der Waals surface area contributed by atoms with Crippen molar-refractivity contribution in [3.05, 3.63) is 11.6 Å². The number of hydrogen-bond acceptors (Lipinski definition) is 3. The first kappa shape index (κ1) is 12.4. The number of rotatable bonds is 0. The van der Waals surface area contributed by atoms with E-state index in [0.29, 0.717) is 6.42 Å². The largest absolute Gasteiger partial charge is 0.392 e. The molecule has 100 valence electrons. The molecule has 2 N–H and O–H groups in total. The van der Waals surface area contributed by atoms with E-state index in [4.69, 9.17) is 0 Å². The zero-order valence-corrected chi connectivity index (χ0v) is 11.5. The number of carbonyl (C=O) groups is 1. The minimum Gasteiger partial charge on any atom is -0.392 e. The maximum Gasteiger partial charge on any atom is 0.159 e. The molecular weight excluding hydrogens is 228 g/mol. The van der Waals surface area contributed by atoms with E-state index in [2.05, 4.69) is 13.8 Å². The highest BCUT2D eigenvalue weighted by Gasteiger charge is 2.70. The first-order chi connectivity index (χ1) is 8.13. The molecule has 0 bridgehead atoms. The average molecular weight is 250 g/mol. The summed E-state index contributed by atoms with van der Waals surface area (Å²) >= 11 is 0. The van der Waals surface area contributed by atoms with Crippen molar-refractivity contribution in [2.24, 2.45) is 22.7 Å². The van der Waals surface area contributed by atoms with Crippen LogP contribution in [0.5, 0.6) is 0 Å². The van der Waals surface area contributed by atoms with Crippen LogP contribution in [0.4, 0.5) is 0 Å². The third-order valence-electron chi connectivity index (χ3n) is 5.79. The van der Waals surface area contributed by atoms with Gasteiger partial charge in [-0.25, -0.2) is 0 Å². The van der Waals surface area contributed by atoms with Gasteiger partial charge in [0.25, 0.3) is 0 Å². The number of allylic oxidation sites excluding steroid dienone is 1. The summed E-state index contributed by atoms with van der Waals surface area (Å²) in [5, 5.41) is 21.7. The lowest BCUT2D eigenvalue weighted by Gasteiger charge is -2.34. The summed E-state index contributed by atoms with van der Waals surface area (Å²) in [6.45, 7) is 8.04. The lowest BCUT2D eigenvalue weighted by Crippen LogP contribution is -2.37. The van der Waals surface area contributed by atoms with Gasteiger partial charge >= 0.3 is 0 Å². The Kier molecular flexibility index (Phi) is 2.11. The molecular formula is C15H22O3. The summed E-state index contributed by atoms with van der Waals surface area (Å²) in [5.74, 6) is -0.303. The van der Waals surface area contributed by atoms with Crippen molar-refractivity contribution in [3.8, 4) is 0 Å². The highest BCUT2D eigenvalue weighted by Crippen LogP contribution is 2.67. The van der Waals surface area contributed by atoms with E-state index in [1.165, 1.54) is 0 Å². The fourth-order valence-corrected chi connectivity index (χ4v) is 4.74. The van der Waals surface area contributed by atoms with Crippen LogP contribution in [-0.4, -0.2) is 27.7 Å². The maximum atomic E-state index is 11.9. The summed E-state index contributed by atoms with van der Waals surface area (Å²) in [4.78, 5) is 11.9. The highest BCUT2D eigenvalue weighted by atomic mass is 16.3. The molecule has 0 spiro atoms. The van der Waals surface area contributed by atoms with Crippen LogP contribution in [0.25, 0.3) is 0 Å². The molecule has 2 fully saturated rings. The van der Waals surface area contributed by atoms with Crippen LogP contribution in [0, 0.1) is 22.7 Å². The predicted molar refractivity (Wildman–Crippen MR) is 67.8 cm³/mol. The van der Waals surface area contributed by atoms with E-state index in [9.17, 15) is 15.0 Å². The van der Waals surface area contributed by atoms with Crippen LogP contribution in [0.15, 0.2) is 11.6 Å². The van der Waals surface area contributed by atoms with E-state index in [0.717, 1.165) is 12.0 Å². The van der Waals surface area contributed by atoms with Gasteiger partial charge in [0, 0.05) is 17.3 Å². The summed E-state index contributed by atoms with van der Waals surface area (Å²) in [7, 11) is 0. The number of aliphatic hydroxyl groups is 2. The molecule has 3 rings (SSSR count). The Labute approximate surface area is 108 Å². The molecule has 0 heterocycles. The lowest BCUT2D eigenvalue weighted by molar-refractivity contribution is -0.121. The summed E-state index contributed by atoms with van der Waals surface area (Å²) in [6, 6.07) is 0. The summed E-state index contributed by atoms with van der Waals surface area (Å²) in [5.41, 5.74) is -0.724. The monoisotopic (exact) mass is 250 g/mol. The first-order valence-corrected chi connectivity index (χ1v) is 6.80.